The Bertz CT molecular complexity index is 565. The number of rotatable bonds is 0. The molecule has 22 heavy (non-hydrogen) atoms. The van der Waals surface area contributed by atoms with Gasteiger partial charge in [-0.3, -0.25) is 9.59 Å². The lowest BCUT2D eigenvalue weighted by molar-refractivity contribution is -0.155. The molecule has 2 unspecified atom stereocenters. The first-order chi connectivity index (χ1) is 10.4. The largest absolute Gasteiger partial charge is 0.393 e. The maximum atomic E-state index is 12.4. The van der Waals surface area contributed by atoms with E-state index in [1.54, 1.807) is 6.08 Å². The molecule has 1 N–H and O–H groups in total. The van der Waals surface area contributed by atoms with E-state index in [1.165, 1.54) is 0 Å². The molecule has 0 bridgehead atoms. The molecule has 4 aliphatic rings. The highest BCUT2D eigenvalue weighted by Crippen LogP contribution is 2.64. The van der Waals surface area contributed by atoms with Crippen LogP contribution in [0.4, 0.5) is 0 Å². The maximum absolute atomic E-state index is 12.4. The third kappa shape index (κ3) is 1.72. The monoisotopic (exact) mass is 302 g/mol. The van der Waals surface area contributed by atoms with E-state index < -0.39 is 6.10 Å². The van der Waals surface area contributed by atoms with Gasteiger partial charge in [-0.2, -0.15) is 0 Å². The summed E-state index contributed by atoms with van der Waals surface area (Å²) in [6, 6.07) is 0. The SMILES string of the molecule is C[C@]12C=CC(=O)CC1CC[C@@H]1[C@@H]2C(O)C[C@]2(C)C(=O)CC[C@@H]12. The molecule has 3 saturated carbocycles. The summed E-state index contributed by atoms with van der Waals surface area (Å²) in [7, 11) is 0. The Hall–Kier alpha value is -0.960. The quantitative estimate of drug-likeness (QED) is 0.748. The average Bonchev–Trinajstić information content (AvgIpc) is 2.75. The van der Waals surface area contributed by atoms with Gasteiger partial charge >= 0.3 is 0 Å². The Kier molecular flexibility index (Phi) is 3.01. The van der Waals surface area contributed by atoms with Gasteiger partial charge in [-0.1, -0.05) is 19.9 Å². The molecule has 0 radical (unpaired) electrons. The molecule has 4 rings (SSSR count). The van der Waals surface area contributed by atoms with E-state index in [-0.39, 0.29) is 22.5 Å². The highest BCUT2D eigenvalue weighted by Gasteiger charge is 2.62. The Morgan fingerprint density at radius 3 is 2.73 bits per heavy atom. The normalized spacial score (nSPS) is 53.9. The van der Waals surface area contributed by atoms with E-state index in [0.717, 1.165) is 19.3 Å². The van der Waals surface area contributed by atoms with E-state index in [4.69, 9.17) is 0 Å². The lowest BCUT2D eigenvalue weighted by Gasteiger charge is -2.59. The molecule has 3 fully saturated rings. The fourth-order valence-electron chi connectivity index (χ4n) is 6.53. The summed E-state index contributed by atoms with van der Waals surface area (Å²) < 4.78 is 0. The van der Waals surface area contributed by atoms with Crippen molar-refractivity contribution < 1.29 is 14.7 Å². The van der Waals surface area contributed by atoms with Crippen LogP contribution in [0.1, 0.15) is 52.4 Å². The van der Waals surface area contributed by atoms with Crippen LogP contribution in [0, 0.1) is 34.5 Å². The summed E-state index contributed by atoms with van der Waals surface area (Å²) in [6.45, 7) is 4.32. The number of carbonyl (C=O) groups excluding carboxylic acids is 2. The van der Waals surface area contributed by atoms with Crippen molar-refractivity contribution in [2.24, 2.45) is 34.5 Å². The molecule has 0 aromatic carbocycles. The molecule has 4 aliphatic carbocycles. The minimum atomic E-state index is -0.418. The smallest absolute Gasteiger partial charge is 0.155 e. The summed E-state index contributed by atoms with van der Waals surface area (Å²) in [5.74, 6) is 2.02. The van der Waals surface area contributed by atoms with Gasteiger partial charge < -0.3 is 5.11 Å². The minimum Gasteiger partial charge on any atom is -0.393 e. The molecule has 120 valence electrons. The summed E-state index contributed by atoms with van der Waals surface area (Å²) >= 11 is 0. The van der Waals surface area contributed by atoms with Crippen molar-refractivity contribution in [3.05, 3.63) is 12.2 Å². The van der Waals surface area contributed by atoms with Crippen LogP contribution in [-0.2, 0) is 9.59 Å². The lowest BCUT2D eigenvalue weighted by Crippen LogP contribution is -2.58. The number of hydrogen-bond acceptors (Lipinski definition) is 3. The van der Waals surface area contributed by atoms with E-state index in [9.17, 15) is 14.7 Å². The fraction of sp³-hybridized carbons (Fsp3) is 0.789. The maximum Gasteiger partial charge on any atom is 0.155 e. The van der Waals surface area contributed by atoms with Crippen LogP contribution in [0.15, 0.2) is 12.2 Å². The van der Waals surface area contributed by atoms with E-state index in [0.29, 0.717) is 42.8 Å². The topological polar surface area (TPSA) is 54.4 Å². The van der Waals surface area contributed by atoms with E-state index in [2.05, 4.69) is 19.9 Å². The molecule has 0 aromatic heterocycles. The number of Topliss-reactive ketones (excluding diaryl/α,β-unsaturated/α-hetero) is 1. The second kappa shape index (κ2) is 4.53. The Balaban J connectivity index is 1.75. The van der Waals surface area contributed by atoms with Crippen LogP contribution in [0.3, 0.4) is 0 Å². The van der Waals surface area contributed by atoms with Crippen molar-refractivity contribution >= 4 is 11.6 Å². The average molecular weight is 302 g/mol. The zero-order chi connectivity index (χ0) is 15.7. The Morgan fingerprint density at radius 2 is 1.95 bits per heavy atom. The van der Waals surface area contributed by atoms with Gasteiger partial charge in [-0.25, -0.2) is 0 Å². The van der Waals surface area contributed by atoms with Gasteiger partial charge in [0.25, 0.3) is 0 Å². The molecule has 3 heteroatoms. The molecule has 7 atom stereocenters. The van der Waals surface area contributed by atoms with E-state index in [1.807, 2.05) is 0 Å². The molecular formula is C19H26O3. The van der Waals surface area contributed by atoms with Gasteiger partial charge in [-0.15, -0.1) is 0 Å². The molecule has 0 heterocycles. The van der Waals surface area contributed by atoms with Crippen LogP contribution >= 0.6 is 0 Å². The predicted molar refractivity (Wildman–Crippen MR) is 83.0 cm³/mol. The van der Waals surface area contributed by atoms with Crippen LogP contribution in [-0.4, -0.2) is 22.8 Å². The van der Waals surface area contributed by atoms with Crippen LogP contribution in [0.25, 0.3) is 0 Å². The number of fused-ring (bicyclic) bond motifs is 5. The zero-order valence-corrected chi connectivity index (χ0v) is 13.5. The third-order valence-electron chi connectivity index (χ3n) is 7.69. The fourth-order valence-corrected chi connectivity index (χ4v) is 6.53. The molecular weight excluding hydrogens is 276 g/mol. The summed E-state index contributed by atoms with van der Waals surface area (Å²) in [5.41, 5.74) is -0.388. The van der Waals surface area contributed by atoms with Crippen molar-refractivity contribution in [3.8, 4) is 0 Å². The number of allylic oxidation sites excluding steroid dienone is 2. The standard InChI is InChI=1S/C19H26O3/c1-18-8-7-12(20)9-11(18)3-4-13-14-5-6-16(22)19(14,2)10-15(21)17(13)18/h7-8,11,13-15,17,21H,3-6,9-10H2,1-2H3/t11?,13-,14-,15?,17+,18-,19-/m0/s1. The second-order valence-corrected chi connectivity index (χ2v) is 8.59. The van der Waals surface area contributed by atoms with Crippen molar-refractivity contribution in [2.75, 3.05) is 0 Å². The van der Waals surface area contributed by atoms with Gasteiger partial charge in [0.15, 0.2) is 5.78 Å². The highest BCUT2D eigenvalue weighted by atomic mass is 16.3. The third-order valence-corrected chi connectivity index (χ3v) is 7.69. The molecule has 0 aromatic rings. The number of hydrogen-bond donors (Lipinski definition) is 1. The highest BCUT2D eigenvalue weighted by molar-refractivity contribution is 5.91. The summed E-state index contributed by atoms with van der Waals surface area (Å²) in [4.78, 5) is 24.2. The number of ketones is 2. The molecule has 3 nitrogen and oxygen atoms in total. The summed E-state index contributed by atoms with van der Waals surface area (Å²) in [6.07, 6.45) is 8.45. The van der Waals surface area contributed by atoms with Gasteiger partial charge in [0.05, 0.1) is 6.10 Å². The first-order valence-corrected chi connectivity index (χ1v) is 8.80. The first-order valence-electron chi connectivity index (χ1n) is 8.80. The second-order valence-electron chi connectivity index (χ2n) is 8.59. The predicted octanol–water partition coefficient (Wildman–Crippen LogP) is 2.91. The number of carbonyl (C=O) groups is 2. The summed E-state index contributed by atoms with van der Waals surface area (Å²) in [5, 5.41) is 10.9. The minimum absolute atomic E-state index is 0.0801. The van der Waals surface area contributed by atoms with Gasteiger partial charge in [0.1, 0.15) is 5.78 Å². The number of aliphatic hydroxyl groups excluding tert-OH is 1. The first kappa shape index (κ1) is 14.6. The van der Waals surface area contributed by atoms with Crippen molar-refractivity contribution in [3.63, 3.8) is 0 Å². The van der Waals surface area contributed by atoms with Gasteiger partial charge in [0, 0.05) is 18.3 Å². The van der Waals surface area contributed by atoms with Crippen molar-refractivity contribution in [1.82, 2.24) is 0 Å². The number of aliphatic hydroxyl groups is 1. The van der Waals surface area contributed by atoms with Gasteiger partial charge in [0.2, 0.25) is 0 Å². The van der Waals surface area contributed by atoms with E-state index >= 15 is 0 Å². The molecule has 0 aliphatic heterocycles. The zero-order valence-electron chi connectivity index (χ0n) is 13.5. The molecule has 0 amide bonds. The van der Waals surface area contributed by atoms with Crippen LogP contribution in [0.2, 0.25) is 0 Å². The van der Waals surface area contributed by atoms with Crippen molar-refractivity contribution in [1.29, 1.82) is 0 Å². The Morgan fingerprint density at radius 1 is 1.18 bits per heavy atom. The molecule has 0 spiro atoms. The van der Waals surface area contributed by atoms with Crippen LogP contribution < -0.4 is 0 Å². The van der Waals surface area contributed by atoms with Crippen LogP contribution in [0.5, 0.6) is 0 Å². The van der Waals surface area contributed by atoms with Crippen molar-refractivity contribution in [2.45, 2.75) is 58.5 Å². The van der Waals surface area contributed by atoms with Gasteiger partial charge in [-0.05, 0) is 60.8 Å². The Labute approximate surface area is 132 Å². The molecule has 0 saturated heterocycles. The lowest BCUT2D eigenvalue weighted by atomic mass is 9.45.